The van der Waals surface area contributed by atoms with Gasteiger partial charge in [-0.25, -0.2) is 0 Å². The predicted molar refractivity (Wildman–Crippen MR) is 81.9 cm³/mol. The smallest absolute Gasteiger partial charge is 0.0803 e. The molecule has 20 heavy (non-hydrogen) atoms. The molecule has 2 aromatic rings. The van der Waals surface area contributed by atoms with Gasteiger partial charge >= 0.3 is 0 Å². The van der Waals surface area contributed by atoms with Crippen LogP contribution in [0.4, 0.5) is 0 Å². The van der Waals surface area contributed by atoms with Crippen LogP contribution in [0.25, 0.3) is 10.9 Å². The Labute approximate surface area is 118 Å². The highest BCUT2D eigenvalue weighted by Crippen LogP contribution is 2.35. The zero-order valence-corrected chi connectivity index (χ0v) is 11.8. The topological polar surface area (TPSA) is 41.4 Å². The standard InChI is InChI=1S/C16H20N4/c1-2-20-10-13(11-5-3-4-6-15(11)20)16-12-9-17-8-7-14(12)18-19-16/h3-6,10,12,16-17,19H,2,7-9H2,1H3. The molecule has 3 heterocycles. The molecule has 0 aliphatic carbocycles. The quantitative estimate of drug-likeness (QED) is 0.877. The Balaban J connectivity index is 1.79. The van der Waals surface area contributed by atoms with Crippen LogP contribution in [-0.4, -0.2) is 23.4 Å². The molecule has 4 rings (SSSR count). The van der Waals surface area contributed by atoms with E-state index >= 15 is 0 Å². The summed E-state index contributed by atoms with van der Waals surface area (Å²) >= 11 is 0. The Hall–Kier alpha value is -1.81. The summed E-state index contributed by atoms with van der Waals surface area (Å²) < 4.78 is 2.33. The van der Waals surface area contributed by atoms with Crippen LogP contribution >= 0.6 is 0 Å². The molecule has 2 unspecified atom stereocenters. The third kappa shape index (κ3) is 1.68. The van der Waals surface area contributed by atoms with Crippen molar-refractivity contribution >= 4 is 16.6 Å². The van der Waals surface area contributed by atoms with E-state index in [9.17, 15) is 0 Å². The minimum atomic E-state index is 0.315. The molecule has 0 amide bonds. The first kappa shape index (κ1) is 12.0. The van der Waals surface area contributed by atoms with Crippen LogP contribution < -0.4 is 10.7 Å². The third-order valence-electron chi connectivity index (χ3n) is 4.59. The van der Waals surface area contributed by atoms with Crippen LogP contribution in [-0.2, 0) is 6.54 Å². The molecule has 0 radical (unpaired) electrons. The molecule has 2 atom stereocenters. The number of aryl methyl sites for hydroxylation is 1. The van der Waals surface area contributed by atoms with Gasteiger partial charge in [0.05, 0.1) is 6.04 Å². The summed E-state index contributed by atoms with van der Waals surface area (Å²) in [6.45, 7) is 5.29. The normalized spacial score (nSPS) is 25.4. The fraction of sp³-hybridized carbons (Fsp3) is 0.438. The first-order chi connectivity index (χ1) is 9.88. The summed E-state index contributed by atoms with van der Waals surface area (Å²) in [6, 6.07) is 8.99. The summed E-state index contributed by atoms with van der Waals surface area (Å²) in [5, 5.41) is 9.43. The average Bonchev–Trinajstić information content (AvgIpc) is 3.08. The van der Waals surface area contributed by atoms with Crippen molar-refractivity contribution in [1.29, 1.82) is 0 Å². The van der Waals surface area contributed by atoms with Crippen molar-refractivity contribution in [3.63, 3.8) is 0 Å². The van der Waals surface area contributed by atoms with Crippen molar-refractivity contribution in [2.24, 2.45) is 11.0 Å². The lowest BCUT2D eigenvalue weighted by molar-refractivity contribution is 0.452. The Kier molecular flexibility index (Phi) is 2.77. The van der Waals surface area contributed by atoms with Crippen molar-refractivity contribution in [3.05, 3.63) is 36.0 Å². The second-order valence-electron chi connectivity index (χ2n) is 5.66. The molecule has 1 saturated heterocycles. The first-order valence-corrected chi connectivity index (χ1v) is 7.49. The number of piperidine rings is 1. The number of hydrogen-bond acceptors (Lipinski definition) is 3. The van der Waals surface area contributed by atoms with Crippen LogP contribution in [0.1, 0.15) is 24.9 Å². The van der Waals surface area contributed by atoms with Gasteiger partial charge in [-0.05, 0) is 13.0 Å². The summed E-state index contributed by atoms with van der Waals surface area (Å²) in [5.74, 6) is 0.500. The number of hydrazone groups is 1. The van der Waals surface area contributed by atoms with Gasteiger partial charge in [-0.15, -0.1) is 0 Å². The second-order valence-corrected chi connectivity index (χ2v) is 5.66. The maximum atomic E-state index is 4.57. The number of nitrogens with one attached hydrogen (secondary N) is 2. The van der Waals surface area contributed by atoms with E-state index < -0.39 is 0 Å². The maximum absolute atomic E-state index is 4.57. The van der Waals surface area contributed by atoms with Gasteiger partial charge in [0.15, 0.2) is 0 Å². The van der Waals surface area contributed by atoms with Crippen molar-refractivity contribution in [2.45, 2.75) is 25.9 Å². The summed E-state index contributed by atoms with van der Waals surface area (Å²) in [6.07, 6.45) is 3.37. The Bertz CT molecular complexity index is 670. The largest absolute Gasteiger partial charge is 0.347 e. The highest BCUT2D eigenvalue weighted by Gasteiger charge is 2.35. The molecule has 104 valence electrons. The lowest BCUT2D eigenvalue weighted by Crippen LogP contribution is -2.38. The summed E-state index contributed by atoms with van der Waals surface area (Å²) in [4.78, 5) is 0. The number of rotatable bonds is 2. The van der Waals surface area contributed by atoms with Crippen LogP contribution in [0.3, 0.4) is 0 Å². The number of aromatic nitrogens is 1. The van der Waals surface area contributed by atoms with Gasteiger partial charge in [0.2, 0.25) is 0 Å². The second kappa shape index (κ2) is 4.63. The molecule has 2 aliphatic heterocycles. The Morgan fingerprint density at radius 3 is 3.15 bits per heavy atom. The van der Waals surface area contributed by atoms with Gasteiger partial charge in [0.1, 0.15) is 0 Å². The van der Waals surface area contributed by atoms with Crippen LogP contribution in [0.2, 0.25) is 0 Å². The van der Waals surface area contributed by atoms with E-state index in [1.807, 2.05) is 0 Å². The summed E-state index contributed by atoms with van der Waals surface area (Å²) in [7, 11) is 0. The molecule has 0 spiro atoms. The van der Waals surface area contributed by atoms with Crippen molar-refractivity contribution in [2.75, 3.05) is 13.1 Å². The Morgan fingerprint density at radius 1 is 1.35 bits per heavy atom. The van der Waals surface area contributed by atoms with Gasteiger partial charge in [0.25, 0.3) is 0 Å². The van der Waals surface area contributed by atoms with Crippen LogP contribution in [0, 0.1) is 5.92 Å². The molecule has 0 saturated carbocycles. The van der Waals surface area contributed by atoms with E-state index in [0.29, 0.717) is 12.0 Å². The van der Waals surface area contributed by atoms with Gasteiger partial charge in [-0.3, -0.25) is 0 Å². The van der Waals surface area contributed by atoms with Gasteiger partial charge in [-0.1, -0.05) is 18.2 Å². The average molecular weight is 268 g/mol. The number of hydrogen-bond donors (Lipinski definition) is 2. The molecular weight excluding hydrogens is 248 g/mol. The van der Waals surface area contributed by atoms with E-state index in [2.05, 4.69) is 57.8 Å². The lowest BCUT2D eigenvalue weighted by atomic mass is 9.87. The summed E-state index contributed by atoms with van der Waals surface area (Å²) in [5.41, 5.74) is 7.42. The van der Waals surface area contributed by atoms with Crippen molar-refractivity contribution < 1.29 is 0 Å². The van der Waals surface area contributed by atoms with Crippen LogP contribution in [0.5, 0.6) is 0 Å². The number of benzene rings is 1. The molecule has 2 N–H and O–H groups in total. The van der Waals surface area contributed by atoms with Crippen LogP contribution in [0.15, 0.2) is 35.6 Å². The zero-order chi connectivity index (χ0) is 13.5. The molecule has 1 fully saturated rings. The van der Waals surface area contributed by atoms with E-state index in [1.165, 1.54) is 22.2 Å². The maximum Gasteiger partial charge on any atom is 0.0803 e. The fourth-order valence-electron chi connectivity index (χ4n) is 3.54. The molecular formula is C16H20N4. The number of fused-ring (bicyclic) bond motifs is 2. The minimum Gasteiger partial charge on any atom is -0.347 e. The van der Waals surface area contributed by atoms with Gasteiger partial charge < -0.3 is 15.3 Å². The van der Waals surface area contributed by atoms with Crippen molar-refractivity contribution in [3.8, 4) is 0 Å². The molecule has 0 bridgehead atoms. The fourth-order valence-corrected chi connectivity index (χ4v) is 3.54. The first-order valence-electron chi connectivity index (χ1n) is 7.49. The SMILES string of the molecule is CCn1cc(C2NN=C3CCNCC32)c2ccccc21. The highest BCUT2D eigenvalue weighted by molar-refractivity contribution is 5.92. The zero-order valence-electron chi connectivity index (χ0n) is 11.8. The van der Waals surface area contributed by atoms with E-state index in [4.69, 9.17) is 0 Å². The minimum absolute atomic E-state index is 0.315. The number of nitrogens with zero attached hydrogens (tertiary/aromatic N) is 2. The van der Waals surface area contributed by atoms with E-state index in [1.54, 1.807) is 0 Å². The van der Waals surface area contributed by atoms with E-state index in [0.717, 1.165) is 26.1 Å². The predicted octanol–water partition coefficient (Wildman–Crippen LogP) is 2.27. The van der Waals surface area contributed by atoms with Gasteiger partial charge in [0, 0.05) is 60.3 Å². The number of para-hydroxylation sites is 1. The van der Waals surface area contributed by atoms with Gasteiger partial charge in [-0.2, -0.15) is 5.10 Å². The monoisotopic (exact) mass is 268 g/mol. The van der Waals surface area contributed by atoms with E-state index in [-0.39, 0.29) is 0 Å². The molecule has 4 nitrogen and oxygen atoms in total. The highest BCUT2D eigenvalue weighted by atomic mass is 15.3. The van der Waals surface area contributed by atoms with Crippen molar-refractivity contribution in [1.82, 2.24) is 15.3 Å². The lowest BCUT2D eigenvalue weighted by Gasteiger charge is -2.24. The molecule has 2 aliphatic rings. The molecule has 1 aromatic carbocycles. The third-order valence-corrected chi connectivity index (χ3v) is 4.59. The molecule has 4 heteroatoms. The molecule has 1 aromatic heterocycles. The Morgan fingerprint density at radius 2 is 2.25 bits per heavy atom.